The summed E-state index contributed by atoms with van der Waals surface area (Å²) in [6, 6.07) is 10.4. The molecule has 2 rings (SSSR count). The van der Waals surface area contributed by atoms with Crippen LogP contribution < -0.4 is 10.0 Å². The first-order valence-corrected chi connectivity index (χ1v) is 8.88. The second-order valence-electron chi connectivity index (χ2n) is 4.71. The van der Waals surface area contributed by atoms with Gasteiger partial charge in [0, 0.05) is 10.7 Å². The van der Waals surface area contributed by atoms with Crippen molar-refractivity contribution in [2.24, 2.45) is 0 Å². The van der Waals surface area contributed by atoms with Crippen molar-refractivity contribution >= 4 is 38.9 Å². The van der Waals surface area contributed by atoms with Crippen LogP contribution in [0.2, 0.25) is 5.02 Å². The van der Waals surface area contributed by atoms with Crippen LogP contribution >= 0.6 is 11.6 Å². The minimum atomic E-state index is -3.36. The van der Waals surface area contributed by atoms with Gasteiger partial charge in [-0.15, -0.1) is 10.2 Å². The number of anilines is 3. The first-order valence-electron chi connectivity index (χ1n) is 6.85. The van der Waals surface area contributed by atoms with Crippen LogP contribution in [-0.4, -0.2) is 24.4 Å². The lowest BCUT2D eigenvalue weighted by atomic mass is 10.3. The average Bonchev–Trinajstić information content (AvgIpc) is 2.47. The Morgan fingerprint density at radius 1 is 1.14 bits per heavy atom. The van der Waals surface area contributed by atoms with Gasteiger partial charge < -0.3 is 5.32 Å². The quantitative estimate of drug-likeness (QED) is 0.806. The minimum Gasteiger partial charge on any atom is -0.339 e. The summed E-state index contributed by atoms with van der Waals surface area (Å²) < 4.78 is 25.9. The number of hydrogen-bond acceptors (Lipinski definition) is 5. The molecule has 2 aromatic rings. The molecule has 0 bridgehead atoms. The molecule has 118 valence electrons. The summed E-state index contributed by atoms with van der Waals surface area (Å²) in [4.78, 5) is 0. The molecule has 0 fully saturated rings. The number of hydrogen-bond donors (Lipinski definition) is 2. The van der Waals surface area contributed by atoms with Crippen molar-refractivity contribution in [3.63, 3.8) is 0 Å². The fourth-order valence-corrected chi connectivity index (χ4v) is 3.10. The van der Waals surface area contributed by atoms with E-state index < -0.39 is 10.0 Å². The van der Waals surface area contributed by atoms with Crippen molar-refractivity contribution in [2.45, 2.75) is 19.8 Å². The summed E-state index contributed by atoms with van der Waals surface area (Å²) in [7, 11) is -3.36. The molecule has 0 atom stereocenters. The van der Waals surface area contributed by atoms with Crippen LogP contribution in [0.15, 0.2) is 36.4 Å². The summed E-state index contributed by atoms with van der Waals surface area (Å²) >= 11 is 5.90. The molecule has 0 saturated heterocycles. The molecule has 0 amide bonds. The van der Waals surface area contributed by atoms with E-state index in [1.54, 1.807) is 24.3 Å². The maximum Gasteiger partial charge on any atom is 0.233 e. The first-order chi connectivity index (χ1) is 10.5. The second-order valence-corrected chi connectivity index (χ2v) is 6.99. The summed E-state index contributed by atoms with van der Waals surface area (Å²) in [5.74, 6) is 0.778. The van der Waals surface area contributed by atoms with Crippen molar-refractivity contribution in [1.82, 2.24) is 10.2 Å². The molecule has 0 radical (unpaired) electrons. The molecule has 1 aromatic carbocycles. The van der Waals surface area contributed by atoms with Crippen LogP contribution in [0.1, 0.15) is 19.8 Å². The molecule has 0 aliphatic heterocycles. The molecule has 1 heterocycles. The van der Waals surface area contributed by atoms with Gasteiger partial charge in [0.15, 0.2) is 11.6 Å². The number of rotatable bonds is 7. The lowest BCUT2D eigenvalue weighted by molar-refractivity contribution is 0.597. The third-order valence-corrected chi connectivity index (χ3v) is 4.37. The van der Waals surface area contributed by atoms with Crippen LogP contribution in [0, 0.1) is 0 Å². The lowest BCUT2D eigenvalue weighted by Crippen LogP contribution is -2.17. The molecule has 2 N–H and O–H groups in total. The van der Waals surface area contributed by atoms with Gasteiger partial charge in [0.1, 0.15) is 0 Å². The Balaban J connectivity index is 2.01. The van der Waals surface area contributed by atoms with E-state index in [4.69, 9.17) is 11.6 Å². The maximum absolute atomic E-state index is 11.8. The molecule has 0 saturated carbocycles. The fraction of sp³-hybridized carbons (Fsp3) is 0.286. The molecular formula is C14H17ClN4O2S. The second kappa shape index (κ2) is 7.42. The van der Waals surface area contributed by atoms with Crippen LogP contribution in [0.5, 0.6) is 0 Å². The third kappa shape index (κ3) is 5.16. The molecule has 8 heteroatoms. The highest BCUT2D eigenvalue weighted by molar-refractivity contribution is 7.92. The van der Waals surface area contributed by atoms with E-state index in [0.29, 0.717) is 17.3 Å². The Morgan fingerprint density at radius 2 is 1.86 bits per heavy atom. The van der Waals surface area contributed by atoms with Gasteiger partial charge in [-0.25, -0.2) is 8.42 Å². The Morgan fingerprint density at radius 3 is 2.50 bits per heavy atom. The number of nitrogens with zero attached hydrogens (tertiary/aromatic N) is 2. The summed E-state index contributed by atoms with van der Waals surface area (Å²) in [6.07, 6.45) is 1.42. The Bertz CT molecular complexity index is 720. The first kappa shape index (κ1) is 16.5. The molecule has 22 heavy (non-hydrogen) atoms. The number of nitrogens with one attached hydrogen (secondary N) is 2. The topological polar surface area (TPSA) is 84.0 Å². The Kier molecular flexibility index (Phi) is 5.57. The number of halogens is 1. The highest BCUT2D eigenvalue weighted by Gasteiger charge is 2.10. The van der Waals surface area contributed by atoms with E-state index in [2.05, 4.69) is 20.2 Å². The largest absolute Gasteiger partial charge is 0.339 e. The van der Waals surface area contributed by atoms with Crippen LogP contribution in [0.3, 0.4) is 0 Å². The zero-order valence-electron chi connectivity index (χ0n) is 12.1. The fourth-order valence-electron chi connectivity index (χ4n) is 1.71. The summed E-state index contributed by atoms with van der Waals surface area (Å²) in [5.41, 5.74) is 0.776. The van der Waals surface area contributed by atoms with Gasteiger partial charge in [0.05, 0.1) is 5.75 Å². The lowest BCUT2D eigenvalue weighted by Gasteiger charge is -2.08. The number of unbranched alkanes of at least 4 members (excludes halogenated alkanes) is 1. The standard InChI is InChI=1S/C14H17ClN4O2S/c1-2-3-9-22(20,21)19-14-8-7-13(17-18-14)16-12-6-4-5-11(15)10-12/h4-8,10H,2-3,9H2,1H3,(H,16,17)(H,18,19). The van der Waals surface area contributed by atoms with Crippen LogP contribution in [-0.2, 0) is 10.0 Å². The van der Waals surface area contributed by atoms with E-state index in [1.807, 2.05) is 19.1 Å². The highest BCUT2D eigenvalue weighted by atomic mass is 35.5. The van der Waals surface area contributed by atoms with Crippen molar-refractivity contribution in [3.05, 3.63) is 41.4 Å². The van der Waals surface area contributed by atoms with Crippen LogP contribution in [0.4, 0.5) is 17.3 Å². The van der Waals surface area contributed by atoms with Crippen molar-refractivity contribution < 1.29 is 8.42 Å². The summed E-state index contributed by atoms with van der Waals surface area (Å²) in [6.45, 7) is 1.94. The van der Waals surface area contributed by atoms with E-state index in [1.165, 1.54) is 0 Å². The Hall–Kier alpha value is -1.86. The minimum absolute atomic E-state index is 0.0771. The van der Waals surface area contributed by atoms with Gasteiger partial charge in [-0.3, -0.25) is 4.72 Å². The highest BCUT2D eigenvalue weighted by Crippen LogP contribution is 2.19. The molecular weight excluding hydrogens is 324 g/mol. The predicted molar refractivity (Wildman–Crippen MR) is 89.1 cm³/mol. The van der Waals surface area contributed by atoms with Crippen molar-refractivity contribution in [2.75, 3.05) is 15.8 Å². The smallest absolute Gasteiger partial charge is 0.233 e. The SMILES string of the molecule is CCCCS(=O)(=O)Nc1ccc(Nc2cccc(Cl)c2)nn1. The van der Waals surface area contributed by atoms with E-state index >= 15 is 0 Å². The zero-order chi connectivity index (χ0) is 16.0. The third-order valence-electron chi connectivity index (χ3n) is 2.79. The predicted octanol–water partition coefficient (Wildman–Crippen LogP) is 3.42. The van der Waals surface area contributed by atoms with E-state index in [0.717, 1.165) is 12.1 Å². The van der Waals surface area contributed by atoms with E-state index in [9.17, 15) is 8.42 Å². The van der Waals surface area contributed by atoms with Gasteiger partial charge in [-0.2, -0.15) is 0 Å². The molecule has 1 aromatic heterocycles. The van der Waals surface area contributed by atoms with Gasteiger partial charge in [0.25, 0.3) is 0 Å². The molecule has 0 spiro atoms. The average molecular weight is 341 g/mol. The van der Waals surface area contributed by atoms with E-state index in [-0.39, 0.29) is 11.6 Å². The van der Waals surface area contributed by atoms with Crippen molar-refractivity contribution in [1.29, 1.82) is 0 Å². The Labute approximate surface area is 135 Å². The van der Waals surface area contributed by atoms with Gasteiger partial charge >= 0.3 is 0 Å². The number of benzene rings is 1. The van der Waals surface area contributed by atoms with Gasteiger partial charge in [-0.1, -0.05) is 31.0 Å². The molecule has 0 aliphatic rings. The summed E-state index contributed by atoms with van der Waals surface area (Å²) in [5, 5.41) is 11.4. The van der Waals surface area contributed by atoms with Gasteiger partial charge in [-0.05, 0) is 36.8 Å². The van der Waals surface area contributed by atoms with Crippen LogP contribution in [0.25, 0.3) is 0 Å². The maximum atomic E-state index is 11.8. The zero-order valence-corrected chi connectivity index (χ0v) is 13.7. The number of aromatic nitrogens is 2. The number of sulfonamides is 1. The normalized spacial score (nSPS) is 11.2. The molecule has 0 aliphatic carbocycles. The van der Waals surface area contributed by atoms with Crippen molar-refractivity contribution in [3.8, 4) is 0 Å². The molecule has 0 unspecified atom stereocenters. The monoisotopic (exact) mass is 340 g/mol. The molecule has 6 nitrogen and oxygen atoms in total. The van der Waals surface area contributed by atoms with Gasteiger partial charge in [0.2, 0.25) is 10.0 Å².